The topological polar surface area (TPSA) is 91.1 Å². The Bertz CT molecular complexity index is 1470. The quantitative estimate of drug-likeness (QED) is 0.291. The molecular weight excluding hydrogens is 528 g/mol. The van der Waals surface area contributed by atoms with Crippen LogP contribution < -0.4 is 10.1 Å². The molecule has 2 atom stereocenters. The zero-order valence-corrected chi connectivity index (χ0v) is 23.8. The van der Waals surface area contributed by atoms with Crippen molar-refractivity contribution < 1.29 is 19.1 Å². The van der Waals surface area contributed by atoms with Gasteiger partial charge in [0.2, 0.25) is 11.8 Å². The minimum Gasteiger partial charge on any atom is -0.491 e. The number of amides is 1. The summed E-state index contributed by atoms with van der Waals surface area (Å²) in [6.45, 7) is 9.41. The van der Waals surface area contributed by atoms with E-state index in [4.69, 9.17) is 20.8 Å². The maximum atomic E-state index is 12.7. The van der Waals surface area contributed by atoms with Crippen molar-refractivity contribution in [2.24, 2.45) is 0 Å². The van der Waals surface area contributed by atoms with Gasteiger partial charge in [-0.05, 0) is 56.2 Å². The van der Waals surface area contributed by atoms with E-state index in [0.717, 1.165) is 42.0 Å². The van der Waals surface area contributed by atoms with E-state index in [9.17, 15) is 9.90 Å². The molecule has 0 unspecified atom stereocenters. The molecule has 40 heavy (non-hydrogen) atoms. The van der Waals surface area contributed by atoms with Crippen molar-refractivity contribution in [2.45, 2.75) is 32.9 Å². The first-order chi connectivity index (χ1) is 19.3. The third-order valence-electron chi connectivity index (χ3n) is 7.31. The number of benzene rings is 3. The summed E-state index contributed by atoms with van der Waals surface area (Å²) in [6, 6.07) is 19.0. The number of para-hydroxylation sites is 1. The van der Waals surface area contributed by atoms with Crippen LogP contribution in [0, 0.1) is 13.8 Å². The number of halogens is 1. The van der Waals surface area contributed by atoms with Gasteiger partial charge in [0.25, 0.3) is 0 Å². The number of fused-ring (bicyclic) bond motifs is 1. The average molecular weight is 563 g/mol. The molecule has 2 N–H and O–H groups in total. The molecule has 0 spiro atoms. The highest BCUT2D eigenvalue weighted by Crippen LogP contribution is 2.31. The number of β-amino-alcohol motifs (C(OH)–C–C–N with tert-alkyl or cyclic N) is 1. The van der Waals surface area contributed by atoms with Gasteiger partial charge in [0.05, 0.1) is 17.1 Å². The average Bonchev–Trinajstić information content (AvgIpc) is 3.35. The Morgan fingerprint density at radius 1 is 1.15 bits per heavy atom. The molecule has 210 valence electrons. The second kappa shape index (κ2) is 12.4. The Morgan fingerprint density at radius 3 is 2.67 bits per heavy atom. The van der Waals surface area contributed by atoms with Crippen LogP contribution in [0.1, 0.15) is 18.1 Å². The minimum atomic E-state index is -0.659. The molecular formula is C31H35ClN4O4. The molecule has 0 bridgehead atoms. The van der Waals surface area contributed by atoms with E-state index in [-0.39, 0.29) is 18.6 Å². The maximum Gasteiger partial charge on any atom is 0.238 e. The zero-order chi connectivity index (χ0) is 28.2. The number of piperazine rings is 1. The number of aliphatic hydroxyl groups excluding tert-OH is 1. The Balaban J connectivity index is 1.09. The highest BCUT2D eigenvalue weighted by atomic mass is 35.5. The summed E-state index contributed by atoms with van der Waals surface area (Å²) >= 11 is 6.29. The van der Waals surface area contributed by atoms with Crippen LogP contribution in [0.15, 0.2) is 65.1 Å². The summed E-state index contributed by atoms with van der Waals surface area (Å²) in [4.78, 5) is 21.7. The van der Waals surface area contributed by atoms with Crippen molar-refractivity contribution in [2.75, 3.05) is 44.6 Å². The van der Waals surface area contributed by atoms with Gasteiger partial charge in [0.1, 0.15) is 24.0 Å². The van der Waals surface area contributed by atoms with Crippen LogP contribution in [0.2, 0.25) is 5.02 Å². The second-order valence-corrected chi connectivity index (χ2v) is 10.9. The standard InChI is InChI=1S/C31H35ClN4O4/c1-20-7-6-8-21(2)30(20)34-29(38)18-35-13-14-36(22(3)16-35)17-23(37)19-39-24-11-12-28-27(15-24)33-31(40-28)25-9-4-5-10-26(25)32/h4-12,15,22-23,37H,13-14,16-19H2,1-3H3,(H,34,38)/t22-,23-/m0/s1. The van der Waals surface area contributed by atoms with E-state index in [1.807, 2.05) is 62.4 Å². The second-order valence-electron chi connectivity index (χ2n) is 10.5. The number of hydrogen-bond donors (Lipinski definition) is 2. The van der Waals surface area contributed by atoms with Gasteiger partial charge >= 0.3 is 0 Å². The third kappa shape index (κ3) is 6.64. The van der Waals surface area contributed by atoms with Crippen LogP contribution in [0.3, 0.4) is 0 Å². The molecule has 2 heterocycles. The molecule has 1 aliphatic rings. The number of aryl methyl sites for hydroxylation is 2. The van der Waals surface area contributed by atoms with Crippen LogP contribution in [-0.2, 0) is 4.79 Å². The molecule has 1 fully saturated rings. The molecule has 1 amide bonds. The highest BCUT2D eigenvalue weighted by molar-refractivity contribution is 6.33. The van der Waals surface area contributed by atoms with Gasteiger partial charge in [-0.25, -0.2) is 4.98 Å². The Labute approximate surface area is 239 Å². The summed E-state index contributed by atoms with van der Waals surface area (Å²) < 4.78 is 11.8. The Kier molecular flexibility index (Phi) is 8.71. The summed E-state index contributed by atoms with van der Waals surface area (Å²) in [6.07, 6.45) is -0.659. The molecule has 9 heteroatoms. The summed E-state index contributed by atoms with van der Waals surface area (Å²) in [7, 11) is 0. The molecule has 0 aliphatic carbocycles. The molecule has 5 rings (SSSR count). The summed E-state index contributed by atoms with van der Waals surface area (Å²) in [5.41, 5.74) is 5.04. The first-order valence-electron chi connectivity index (χ1n) is 13.6. The van der Waals surface area contributed by atoms with E-state index < -0.39 is 6.10 Å². The largest absolute Gasteiger partial charge is 0.491 e. The van der Waals surface area contributed by atoms with Crippen LogP contribution in [-0.4, -0.2) is 77.3 Å². The van der Waals surface area contributed by atoms with Crippen LogP contribution in [0.25, 0.3) is 22.6 Å². The lowest BCUT2D eigenvalue weighted by atomic mass is 10.1. The van der Waals surface area contributed by atoms with Gasteiger partial charge in [-0.15, -0.1) is 0 Å². The van der Waals surface area contributed by atoms with Crippen LogP contribution in [0.5, 0.6) is 5.75 Å². The van der Waals surface area contributed by atoms with Crippen molar-refractivity contribution in [3.8, 4) is 17.2 Å². The number of ether oxygens (including phenoxy) is 1. The molecule has 8 nitrogen and oxygen atoms in total. The maximum absolute atomic E-state index is 12.7. The lowest BCUT2D eigenvalue weighted by molar-refractivity contribution is -0.118. The van der Waals surface area contributed by atoms with Crippen molar-refractivity contribution in [1.29, 1.82) is 0 Å². The lowest BCUT2D eigenvalue weighted by Gasteiger charge is -2.40. The number of hydrogen-bond acceptors (Lipinski definition) is 7. The number of nitrogens with zero attached hydrogens (tertiary/aromatic N) is 3. The predicted molar refractivity (Wildman–Crippen MR) is 158 cm³/mol. The van der Waals surface area contributed by atoms with Crippen LogP contribution in [0.4, 0.5) is 5.69 Å². The SMILES string of the molecule is Cc1cccc(C)c1NC(=O)CN1CCN(C[C@H](O)COc2ccc3oc(-c4ccccc4Cl)nc3c2)[C@@H](C)C1. The fourth-order valence-electron chi connectivity index (χ4n) is 5.14. The molecule has 0 radical (unpaired) electrons. The molecule has 0 saturated carbocycles. The number of aliphatic hydroxyl groups is 1. The van der Waals surface area contributed by atoms with Gasteiger partial charge in [0.15, 0.2) is 5.58 Å². The van der Waals surface area contributed by atoms with E-state index in [0.29, 0.717) is 40.9 Å². The number of oxazole rings is 1. The number of nitrogens with one attached hydrogen (secondary N) is 1. The van der Waals surface area contributed by atoms with Crippen molar-refractivity contribution in [1.82, 2.24) is 14.8 Å². The van der Waals surface area contributed by atoms with Gasteiger partial charge in [-0.1, -0.05) is 41.9 Å². The molecule has 4 aromatic rings. The number of anilines is 1. The fraction of sp³-hybridized carbons (Fsp3) is 0.355. The van der Waals surface area contributed by atoms with Crippen molar-refractivity contribution >= 4 is 34.3 Å². The fourth-order valence-corrected chi connectivity index (χ4v) is 5.36. The van der Waals surface area contributed by atoms with Crippen molar-refractivity contribution in [3.63, 3.8) is 0 Å². The zero-order valence-electron chi connectivity index (χ0n) is 23.1. The minimum absolute atomic E-state index is 0.00504. The first kappa shape index (κ1) is 28.1. The monoisotopic (exact) mass is 562 g/mol. The third-order valence-corrected chi connectivity index (χ3v) is 7.64. The van der Waals surface area contributed by atoms with Crippen molar-refractivity contribution in [3.05, 3.63) is 76.8 Å². The molecule has 1 aromatic heterocycles. The van der Waals surface area contributed by atoms with Gasteiger partial charge < -0.3 is 19.6 Å². The number of rotatable bonds is 9. The molecule has 1 aliphatic heterocycles. The van der Waals surface area contributed by atoms with E-state index in [1.54, 1.807) is 12.1 Å². The Morgan fingerprint density at radius 2 is 1.93 bits per heavy atom. The highest BCUT2D eigenvalue weighted by Gasteiger charge is 2.27. The first-order valence-corrected chi connectivity index (χ1v) is 13.9. The van der Waals surface area contributed by atoms with Crippen LogP contribution >= 0.6 is 11.6 Å². The number of carbonyl (C=O) groups excluding carboxylic acids is 1. The van der Waals surface area contributed by atoms with Gasteiger partial charge in [-0.2, -0.15) is 0 Å². The Hall–Kier alpha value is -3.43. The summed E-state index contributed by atoms with van der Waals surface area (Å²) in [5.74, 6) is 1.06. The smallest absolute Gasteiger partial charge is 0.238 e. The van der Waals surface area contributed by atoms with E-state index in [2.05, 4.69) is 27.0 Å². The molecule has 1 saturated heterocycles. The van der Waals surface area contributed by atoms with Gasteiger partial charge in [-0.3, -0.25) is 14.6 Å². The lowest BCUT2D eigenvalue weighted by Crippen LogP contribution is -2.55. The van der Waals surface area contributed by atoms with E-state index >= 15 is 0 Å². The predicted octanol–water partition coefficient (Wildman–Crippen LogP) is 5.15. The molecule has 3 aromatic carbocycles. The van der Waals surface area contributed by atoms with E-state index in [1.165, 1.54) is 0 Å². The number of carbonyl (C=O) groups is 1. The summed E-state index contributed by atoms with van der Waals surface area (Å²) in [5, 5.41) is 14.4. The van der Waals surface area contributed by atoms with Gasteiger partial charge in [0, 0.05) is 44.0 Å². The number of aromatic nitrogens is 1. The normalized spacial score (nSPS) is 17.2.